The van der Waals surface area contributed by atoms with E-state index in [4.69, 9.17) is 10.00 Å². The van der Waals surface area contributed by atoms with Crippen LogP contribution in [0.3, 0.4) is 0 Å². The van der Waals surface area contributed by atoms with Crippen molar-refractivity contribution in [2.45, 2.75) is 24.7 Å². The number of nitrogens with one attached hydrogen (secondary N) is 1. The molecule has 0 bridgehead atoms. The van der Waals surface area contributed by atoms with Crippen molar-refractivity contribution < 1.29 is 23.1 Å². The Bertz CT molecular complexity index is 746. The normalized spacial score (nSPS) is 17.4. The summed E-state index contributed by atoms with van der Waals surface area (Å²) in [5.41, 5.74) is -0.436. The Balaban J connectivity index is 2.25. The molecule has 1 saturated heterocycles. The molecule has 0 unspecified atom stereocenters. The Morgan fingerprint density at radius 3 is 2.65 bits per heavy atom. The monoisotopic (exact) mass is 338 g/mol. The maximum Gasteiger partial charge on any atom is 0.311 e. The molecular weight excluding hydrogens is 320 g/mol. The van der Waals surface area contributed by atoms with E-state index in [1.807, 2.05) is 6.07 Å². The molecule has 124 valence electrons. The van der Waals surface area contributed by atoms with Gasteiger partial charge in [0.05, 0.1) is 21.9 Å². The molecule has 23 heavy (non-hydrogen) atoms. The van der Waals surface area contributed by atoms with Crippen molar-refractivity contribution >= 4 is 16.0 Å². The Morgan fingerprint density at radius 2 is 2.09 bits per heavy atom. The Labute approximate surface area is 134 Å². The summed E-state index contributed by atoms with van der Waals surface area (Å²) < 4.78 is 32.5. The van der Waals surface area contributed by atoms with Gasteiger partial charge in [-0.1, -0.05) is 6.07 Å². The van der Waals surface area contributed by atoms with Crippen LogP contribution < -0.4 is 4.72 Å². The largest absolute Gasteiger partial charge is 0.481 e. The number of aryl methyl sites for hydroxylation is 1. The number of carboxylic acids is 1. The number of carbonyl (C=O) groups is 1. The van der Waals surface area contributed by atoms with Crippen LogP contribution in [0.15, 0.2) is 23.1 Å². The molecule has 1 heterocycles. The van der Waals surface area contributed by atoms with Gasteiger partial charge in [0.1, 0.15) is 0 Å². The third-order valence-corrected chi connectivity index (χ3v) is 5.65. The molecule has 0 radical (unpaired) electrons. The molecular formula is C15H18N2O5S. The molecule has 0 spiro atoms. The summed E-state index contributed by atoms with van der Waals surface area (Å²) in [5, 5.41) is 18.4. The molecule has 1 aliphatic rings. The summed E-state index contributed by atoms with van der Waals surface area (Å²) in [6.07, 6.45) is 0.504. The minimum Gasteiger partial charge on any atom is -0.481 e. The van der Waals surface area contributed by atoms with E-state index in [0.29, 0.717) is 5.56 Å². The predicted octanol–water partition coefficient (Wildman–Crippen LogP) is 1.03. The number of aliphatic carboxylic acids is 1. The van der Waals surface area contributed by atoms with Gasteiger partial charge in [-0.3, -0.25) is 4.79 Å². The number of nitriles is 1. The van der Waals surface area contributed by atoms with Crippen LogP contribution in [0.2, 0.25) is 0 Å². The van der Waals surface area contributed by atoms with Crippen molar-refractivity contribution in [3.63, 3.8) is 0 Å². The highest BCUT2D eigenvalue weighted by atomic mass is 32.2. The third-order valence-electron chi connectivity index (χ3n) is 4.11. The SMILES string of the molecule is Cc1ccc(C#N)cc1S(=O)(=O)NCC1(C(=O)O)CCOCC1. The van der Waals surface area contributed by atoms with Crippen LogP contribution >= 0.6 is 0 Å². The molecule has 0 aromatic heterocycles. The van der Waals surface area contributed by atoms with E-state index in [1.165, 1.54) is 12.1 Å². The van der Waals surface area contributed by atoms with Gasteiger partial charge in [0.25, 0.3) is 0 Å². The number of sulfonamides is 1. The van der Waals surface area contributed by atoms with Crippen LogP contribution in [-0.4, -0.2) is 39.3 Å². The zero-order chi connectivity index (χ0) is 17.1. The maximum atomic E-state index is 12.5. The zero-order valence-corrected chi connectivity index (χ0v) is 13.5. The van der Waals surface area contributed by atoms with E-state index in [-0.39, 0.29) is 43.1 Å². The zero-order valence-electron chi connectivity index (χ0n) is 12.7. The standard InChI is InChI=1S/C15H18N2O5S/c1-11-2-3-12(9-16)8-13(11)23(20,21)17-10-15(14(18)19)4-6-22-7-5-15/h2-3,8,17H,4-7,10H2,1H3,(H,18,19). The molecule has 8 heteroatoms. The number of hydrogen-bond acceptors (Lipinski definition) is 5. The summed E-state index contributed by atoms with van der Waals surface area (Å²) in [4.78, 5) is 11.6. The minimum absolute atomic E-state index is 0.0100. The van der Waals surface area contributed by atoms with Gasteiger partial charge in [-0.05, 0) is 37.5 Å². The van der Waals surface area contributed by atoms with E-state index >= 15 is 0 Å². The molecule has 1 aromatic rings. The second-order valence-electron chi connectivity index (χ2n) is 5.61. The van der Waals surface area contributed by atoms with Crippen LogP contribution in [0.5, 0.6) is 0 Å². The average Bonchev–Trinajstić information content (AvgIpc) is 2.54. The fourth-order valence-electron chi connectivity index (χ4n) is 2.50. The second-order valence-corrected chi connectivity index (χ2v) is 7.35. The lowest BCUT2D eigenvalue weighted by Crippen LogP contribution is -2.46. The van der Waals surface area contributed by atoms with Crippen LogP contribution in [0.1, 0.15) is 24.0 Å². The minimum atomic E-state index is -3.90. The lowest BCUT2D eigenvalue weighted by molar-refractivity contribution is -0.154. The Hall–Kier alpha value is -1.95. The van der Waals surface area contributed by atoms with Crippen LogP contribution in [0.4, 0.5) is 0 Å². The smallest absolute Gasteiger partial charge is 0.311 e. The number of hydrogen-bond donors (Lipinski definition) is 2. The van der Waals surface area contributed by atoms with Crippen molar-refractivity contribution in [3.05, 3.63) is 29.3 Å². The van der Waals surface area contributed by atoms with E-state index in [2.05, 4.69) is 4.72 Å². The summed E-state index contributed by atoms with van der Waals surface area (Å²) in [5.74, 6) is -1.04. The molecule has 2 N–H and O–H groups in total. The first kappa shape index (κ1) is 17.4. The first-order valence-electron chi connectivity index (χ1n) is 7.12. The molecule has 0 aliphatic carbocycles. The summed E-state index contributed by atoms with van der Waals surface area (Å²) in [6, 6.07) is 6.27. The number of carboxylic acid groups (broad SMARTS) is 1. The topological polar surface area (TPSA) is 116 Å². The predicted molar refractivity (Wildman–Crippen MR) is 81.2 cm³/mol. The molecule has 1 fully saturated rings. The quantitative estimate of drug-likeness (QED) is 0.828. The number of rotatable bonds is 5. The number of ether oxygens (including phenoxy) is 1. The van der Waals surface area contributed by atoms with Crippen molar-refractivity contribution in [2.75, 3.05) is 19.8 Å². The van der Waals surface area contributed by atoms with Crippen molar-refractivity contribution in [2.24, 2.45) is 5.41 Å². The molecule has 1 aliphatic heterocycles. The molecule has 7 nitrogen and oxygen atoms in total. The average molecular weight is 338 g/mol. The van der Waals surface area contributed by atoms with E-state index in [9.17, 15) is 18.3 Å². The Morgan fingerprint density at radius 1 is 1.43 bits per heavy atom. The second kappa shape index (κ2) is 6.66. The molecule has 0 saturated carbocycles. The molecule has 1 aromatic carbocycles. The first-order valence-corrected chi connectivity index (χ1v) is 8.61. The van der Waals surface area contributed by atoms with E-state index < -0.39 is 21.4 Å². The van der Waals surface area contributed by atoms with Gasteiger partial charge < -0.3 is 9.84 Å². The van der Waals surface area contributed by atoms with Crippen LogP contribution in [0, 0.1) is 23.7 Å². The molecule has 2 rings (SSSR count). The van der Waals surface area contributed by atoms with E-state index in [1.54, 1.807) is 13.0 Å². The maximum absolute atomic E-state index is 12.5. The van der Waals surface area contributed by atoms with Crippen molar-refractivity contribution in [3.8, 4) is 6.07 Å². The van der Waals surface area contributed by atoms with E-state index in [0.717, 1.165) is 0 Å². The Kier molecular flexibility index (Phi) is 5.04. The number of nitrogens with zero attached hydrogens (tertiary/aromatic N) is 1. The van der Waals surface area contributed by atoms with Crippen molar-refractivity contribution in [1.82, 2.24) is 4.72 Å². The number of benzene rings is 1. The highest BCUT2D eigenvalue weighted by Crippen LogP contribution is 2.30. The molecule has 0 amide bonds. The van der Waals surface area contributed by atoms with Gasteiger partial charge in [-0.2, -0.15) is 5.26 Å². The highest BCUT2D eigenvalue weighted by Gasteiger charge is 2.41. The fourth-order valence-corrected chi connectivity index (χ4v) is 3.89. The third kappa shape index (κ3) is 3.69. The van der Waals surface area contributed by atoms with Crippen molar-refractivity contribution in [1.29, 1.82) is 5.26 Å². The van der Waals surface area contributed by atoms with Crippen LogP contribution in [0.25, 0.3) is 0 Å². The lowest BCUT2D eigenvalue weighted by Gasteiger charge is -2.33. The molecule has 0 atom stereocenters. The fraction of sp³-hybridized carbons (Fsp3) is 0.467. The lowest BCUT2D eigenvalue weighted by atomic mass is 9.80. The van der Waals surface area contributed by atoms with Gasteiger partial charge in [-0.25, -0.2) is 13.1 Å². The van der Waals surface area contributed by atoms with Gasteiger partial charge in [0.2, 0.25) is 10.0 Å². The first-order chi connectivity index (χ1) is 10.8. The van der Waals surface area contributed by atoms with Gasteiger partial charge in [0.15, 0.2) is 0 Å². The summed E-state index contributed by atoms with van der Waals surface area (Å²) in [6.45, 7) is 2.00. The summed E-state index contributed by atoms with van der Waals surface area (Å²) in [7, 11) is -3.90. The van der Waals surface area contributed by atoms with Gasteiger partial charge in [0, 0.05) is 19.8 Å². The van der Waals surface area contributed by atoms with Gasteiger partial charge in [-0.15, -0.1) is 0 Å². The highest BCUT2D eigenvalue weighted by molar-refractivity contribution is 7.89. The van der Waals surface area contributed by atoms with Gasteiger partial charge >= 0.3 is 5.97 Å². The van der Waals surface area contributed by atoms with Crippen LogP contribution in [-0.2, 0) is 19.6 Å². The summed E-state index contributed by atoms with van der Waals surface area (Å²) >= 11 is 0.